The van der Waals surface area contributed by atoms with E-state index in [0.717, 1.165) is 0 Å². The number of carbonyl (C=O) groups excluding carboxylic acids is 2. The molecule has 0 radical (unpaired) electrons. The van der Waals surface area contributed by atoms with Crippen LogP contribution < -0.4 is 10.9 Å². The first-order valence-corrected chi connectivity index (χ1v) is 8.71. The second-order valence-electron chi connectivity index (χ2n) is 6.55. The van der Waals surface area contributed by atoms with E-state index in [1.165, 1.54) is 0 Å². The number of anilines is 1. The number of likely N-dealkylation sites (tertiary alicyclic amines) is 1. The number of amides is 2. The van der Waals surface area contributed by atoms with Gasteiger partial charge < -0.3 is 15.2 Å². The summed E-state index contributed by atoms with van der Waals surface area (Å²) in [7, 11) is 0. The average Bonchev–Trinajstić information content (AvgIpc) is 2.69. The highest BCUT2D eigenvalue weighted by Gasteiger charge is 2.32. The molecule has 0 unspecified atom stereocenters. The van der Waals surface area contributed by atoms with Gasteiger partial charge in [0.1, 0.15) is 5.69 Å². The summed E-state index contributed by atoms with van der Waals surface area (Å²) in [6.45, 7) is 0.704. The van der Waals surface area contributed by atoms with Gasteiger partial charge in [0.05, 0.1) is 5.56 Å². The zero-order valence-corrected chi connectivity index (χ0v) is 14.8. The topological polar surface area (TPSA) is 82.3 Å². The van der Waals surface area contributed by atoms with Crippen molar-refractivity contribution in [2.75, 3.05) is 18.4 Å². The molecule has 0 aliphatic carbocycles. The van der Waals surface area contributed by atoms with E-state index in [-0.39, 0.29) is 5.91 Å². The Hall–Kier alpha value is -3.10. The Kier molecular flexibility index (Phi) is 5.53. The summed E-state index contributed by atoms with van der Waals surface area (Å²) in [6.07, 6.45) is -3.35. The number of nitrogens with one attached hydrogen (secondary N) is 2. The van der Waals surface area contributed by atoms with Crippen molar-refractivity contribution >= 4 is 17.5 Å². The molecule has 0 spiro atoms. The molecular weight excluding hydrogens is 375 g/mol. The van der Waals surface area contributed by atoms with Crippen LogP contribution in [0.4, 0.5) is 18.9 Å². The van der Waals surface area contributed by atoms with Crippen molar-refractivity contribution < 1.29 is 22.8 Å². The third-order valence-corrected chi connectivity index (χ3v) is 4.66. The molecule has 9 heteroatoms. The molecule has 1 aliphatic heterocycles. The molecule has 1 saturated heterocycles. The van der Waals surface area contributed by atoms with Gasteiger partial charge in [0.2, 0.25) is 5.91 Å². The first kappa shape index (κ1) is 19.7. The Morgan fingerprint density at radius 3 is 2.36 bits per heavy atom. The molecular formula is C19H18F3N3O3. The lowest BCUT2D eigenvalue weighted by Crippen LogP contribution is -2.41. The Labute approximate surface area is 158 Å². The zero-order chi connectivity index (χ0) is 20.3. The number of nitrogens with zero attached hydrogens (tertiary/aromatic N) is 1. The van der Waals surface area contributed by atoms with Gasteiger partial charge >= 0.3 is 6.18 Å². The van der Waals surface area contributed by atoms with E-state index in [4.69, 9.17) is 0 Å². The van der Waals surface area contributed by atoms with Crippen LogP contribution in [-0.2, 0) is 11.0 Å². The van der Waals surface area contributed by atoms with Crippen molar-refractivity contribution in [1.29, 1.82) is 0 Å². The van der Waals surface area contributed by atoms with E-state index in [0.29, 0.717) is 43.8 Å². The summed E-state index contributed by atoms with van der Waals surface area (Å²) in [6, 6.07) is 9.37. The number of hydrogen-bond acceptors (Lipinski definition) is 3. The third-order valence-electron chi connectivity index (χ3n) is 4.66. The summed E-state index contributed by atoms with van der Waals surface area (Å²) in [4.78, 5) is 40.1. The fourth-order valence-corrected chi connectivity index (χ4v) is 3.08. The van der Waals surface area contributed by atoms with Gasteiger partial charge in [-0.25, -0.2) is 0 Å². The minimum absolute atomic E-state index is 0.131. The lowest BCUT2D eigenvalue weighted by Gasteiger charge is -2.31. The number of halogens is 3. The molecule has 1 aromatic heterocycles. The number of pyridine rings is 1. The van der Waals surface area contributed by atoms with Crippen LogP contribution in [0, 0.1) is 5.92 Å². The van der Waals surface area contributed by atoms with E-state index in [1.807, 2.05) is 11.1 Å². The molecule has 3 rings (SSSR count). The van der Waals surface area contributed by atoms with Gasteiger partial charge in [-0.15, -0.1) is 0 Å². The molecule has 2 N–H and O–H groups in total. The smallest absolute Gasteiger partial charge is 0.339 e. The van der Waals surface area contributed by atoms with Gasteiger partial charge in [-0.2, -0.15) is 13.2 Å². The van der Waals surface area contributed by atoms with Gasteiger partial charge in [0, 0.05) is 30.8 Å². The number of alkyl halides is 3. The molecule has 0 atom stereocenters. The maximum absolute atomic E-state index is 12.8. The number of carbonyl (C=O) groups is 2. The first-order valence-electron chi connectivity index (χ1n) is 8.71. The Morgan fingerprint density at radius 2 is 1.75 bits per heavy atom. The molecule has 0 bridgehead atoms. The lowest BCUT2D eigenvalue weighted by atomic mass is 9.95. The van der Waals surface area contributed by atoms with Crippen molar-refractivity contribution in [1.82, 2.24) is 9.88 Å². The van der Waals surface area contributed by atoms with Crippen LogP contribution in [0.5, 0.6) is 0 Å². The number of benzene rings is 1. The number of aromatic nitrogens is 1. The Balaban J connectivity index is 1.62. The molecule has 6 nitrogen and oxygen atoms in total. The first-order chi connectivity index (χ1) is 13.3. The number of piperidine rings is 1. The monoisotopic (exact) mass is 393 g/mol. The van der Waals surface area contributed by atoms with Crippen molar-refractivity contribution in [2.24, 2.45) is 5.92 Å². The summed E-state index contributed by atoms with van der Waals surface area (Å²) in [5.74, 6) is -1.15. The normalized spacial score (nSPS) is 15.3. The van der Waals surface area contributed by atoms with E-state index in [2.05, 4.69) is 5.32 Å². The highest BCUT2D eigenvalue weighted by Crippen LogP contribution is 2.29. The van der Waals surface area contributed by atoms with Crippen LogP contribution in [0.25, 0.3) is 0 Å². The van der Waals surface area contributed by atoms with Crippen molar-refractivity contribution in [3.8, 4) is 0 Å². The quantitative estimate of drug-likeness (QED) is 0.841. The molecule has 1 aromatic carbocycles. The maximum Gasteiger partial charge on any atom is 0.417 e. The average molecular weight is 393 g/mol. The molecule has 2 heterocycles. The van der Waals surface area contributed by atoms with E-state index < -0.39 is 34.8 Å². The number of H-pyrrole nitrogens is 1. The molecule has 2 amide bonds. The van der Waals surface area contributed by atoms with Gasteiger partial charge in [-0.1, -0.05) is 18.2 Å². The predicted octanol–water partition coefficient (Wildman–Crippen LogP) is 2.88. The number of aromatic amines is 1. The second-order valence-corrected chi connectivity index (χ2v) is 6.55. The highest BCUT2D eigenvalue weighted by atomic mass is 19.4. The summed E-state index contributed by atoms with van der Waals surface area (Å²) < 4.78 is 38.3. The van der Waals surface area contributed by atoms with Crippen molar-refractivity contribution in [2.45, 2.75) is 19.0 Å². The Morgan fingerprint density at radius 1 is 1.11 bits per heavy atom. The largest absolute Gasteiger partial charge is 0.417 e. The van der Waals surface area contributed by atoms with Crippen LogP contribution in [0.2, 0.25) is 0 Å². The Bertz CT molecular complexity index is 917. The van der Waals surface area contributed by atoms with Crippen molar-refractivity contribution in [3.05, 3.63) is 64.1 Å². The number of rotatable bonds is 3. The fraction of sp³-hybridized carbons (Fsp3) is 0.316. The van der Waals surface area contributed by atoms with Gasteiger partial charge in [-0.05, 0) is 31.0 Å². The zero-order valence-electron chi connectivity index (χ0n) is 14.8. The van der Waals surface area contributed by atoms with Gasteiger partial charge in [-0.3, -0.25) is 14.4 Å². The molecule has 148 valence electrons. The number of hydrogen-bond donors (Lipinski definition) is 2. The summed E-state index contributed by atoms with van der Waals surface area (Å²) in [5, 5.41) is 2.28. The summed E-state index contributed by atoms with van der Waals surface area (Å²) in [5.41, 5.74) is -1.74. The van der Waals surface area contributed by atoms with E-state index in [1.54, 1.807) is 29.2 Å². The van der Waals surface area contributed by atoms with Crippen molar-refractivity contribution in [3.63, 3.8) is 0 Å². The SMILES string of the molecule is O=C(Nc1cc(C(F)(F)F)c[nH]c1=O)C1CCN(C(=O)c2ccccc2)CC1. The van der Waals surface area contributed by atoms with E-state index in [9.17, 15) is 27.6 Å². The van der Waals surface area contributed by atoms with E-state index >= 15 is 0 Å². The minimum Gasteiger partial charge on any atom is -0.339 e. The van der Waals surface area contributed by atoms with Crippen LogP contribution in [0.3, 0.4) is 0 Å². The lowest BCUT2D eigenvalue weighted by molar-refractivity contribution is -0.137. The molecule has 28 heavy (non-hydrogen) atoms. The maximum atomic E-state index is 12.8. The van der Waals surface area contributed by atoms with Gasteiger partial charge in [0.15, 0.2) is 0 Å². The van der Waals surface area contributed by atoms with Crippen LogP contribution in [-0.4, -0.2) is 34.8 Å². The van der Waals surface area contributed by atoms with Gasteiger partial charge in [0.25, 0.3) is 11.5 Å². The molecule has 0 saturated carbocycles. The standard InChI is InChI=1S/C19H18F3N3O3/c20-19(21,22)14-10-15(17(27)23-11-14)24-16(26)12-6-8-25(9-7-12)18(28)13-4-2-1-3-5-13/h1-5,10-12H,6-9H2,(H,23,27)(H,24,26). The van der Waals surface area contributed by atoms with Crippen LogP contribution in [0.1, 0.15) is 28.8 Å². The predicted molar refractivity (Wildman–Crippen MR) is 95.8 cm³/mol. The summed E-state index contributed by atoms with van der Waals surface area (Å²) >= 11 is 0. The second kappa shape index (κ2) is 7.87. The van der Waals surface area contributed by atoms with Crippen LogP contribution >= 0.6 is 0 Å². The molecule has 1 aliphatic rings. The highest BCUT2D eigenvalue weighted by molar-refractivity contribution is 5.95. The van der Waals surface area contributed by atoms with Crippen LogP contribution in [0.15, 0.2) is 47.4 Å². The third kappa shape index (κ3) is 4.41. The fourth-order valence-electron chi connectivity index (χ4n) is 3.08. The molecule has 2 aromatic rings. The molecule has 1 fully saturated rings. The minimum atomic E-state index is -4.63.